The molecule has 2 saturated heterocycles. The van der Waals surface area contributed by atoms with Gasteiger partial charge in [0.2, 0.25) is 0 Å². The Balaban J connectivity index is 1.45. The summed E-state index contributed by atoms with van der Waals surface area (Å²) < 4.78 is 30.9. The van der Waals surface area contributed by atoms with Gasteiger partial charge in [0, 0.05) is 0 Å². The van der Waals surface area contributed by atoms with Crippen molar-refractivity contribution in [1.82, 2.24) is 0 Å². The summed E-state index contributed by atoms with van der Waals surface area (Å²) in [5, 5.41) is 0. The third-order valence-electron chi connectivity index (χ3n) is 8.69. The minimum Gasteiger partial charge on any atom is -0.370 e. The van der Waals surface area contributed by atoms with Crippen molar-refractivity contribution in [2.45, 2.75) is 69.8 Å². The summed E-state index contributed by atoms with van der Waals surface area (Å²) in [6.45, 7) is 6.72. The fraction of sp³-hybridized carbons (Fsp3) is 1.00. The van der Waals surface area contributed by atoms with Gasteiger partial charge in [-0.1, -0.05) is 6.92 Å². The highest BCUT2D eigenvalue weighted by Gasteiger charge is 2.67. The quantitative estimate of drug-likeness (QED) is 0.726. The summed E-state index contributed by atoms with van der Waals surface area (Å²) >= 11 is 0. The van der Waals surface area contributed by atoms with Crippen molar-refractivity contribution in [1.29, 1.82) is 0 Å². The summed E-state index contributed by atoms with van der Waals surface area (Å²) in [4.78, 5) is 0. The van der Waals surface area contributed by atoms with Crippen LogP contribution in [0.5, 0.6) is 0 Å². The second kappa shape index (κ2) is 4.55. The SMILES string of the molecule is CC1CC(C2OC2C)C2C3CC(C12)C(C1(C)CCCS1(=O)=O)C3. The normalized spacial score (nSPS) is 62.7. The number of hydrogen-bond donors (Lipinski definition) is 0. The Hall–Kier alpha value is -0.0900. The van der Waals surface area contributed by atoms with E-state index in [0.29, 0.717) is 29.8 Å². The van der Waals surface area contributed by atoms with Gasteiger partial charge in [-0.25, -0.2) is 8.42 Å². The molecule has 10 unspecified atom stereocenters. The molecule has 5 rings (SSSR count). The Morgan fingerprint density at radius 1 is 1.04 bits per heavy atom. The van der Waals surface area contributed by atoms with E-state index in [9.17, 15) is 8.42 Å². The number of sulfone groups is 1. The topological polar surface area (TPSA) is 46.7 Å². The van der Waals surface area contributed by atoms with Crippen LogP contribution in [0.4, 0.5) is 0 Å². The molecule has 0 radical (unpaired) electrons. The van der Waals surface area contributed by atoms with Crippen molar-refractivity contribution in [3.8, 4) is 0 Å². The van der Waals surface area contributed by atoms with Crippen LogP contribution in [0.15, 0.2) is 0 Å². The lowest BCUT2D eigenvalue weighted by atomic mass is 9.67. The first kappa shape index (κ1) is 15.2. The van der Waals surface area contributed by atoms with Gasteiger partial charge in [0.1, 0.15) is 0 Å². The molecule has 0 N–H and O–H groups in total. The van der Waals surface area contributed by atoms with Gasteiger partial charge in [0.15, 0.2) is 9.84 Å². The van der Waals surface area contributed by atoms with Crippen LogP contribution in [0.3, 0.4) is 0 Å². The van der Waals surface area contributed by atoms with Crippen molar-refractivity contribution < 1.29 is 13.2 Å². The fourth-order valence-electron chi connectivity index (χ4n) is 7.76. The molecule has 5 aliphatic rings. The molecular formula is C19H30O3S. The van der Waals surface area contributed by atoms with E-state index in [1.165, 1.54) is 19.3 Å². The van der Waals surface area contributed by atoms with Gasteiger partial charge < -0.3 is 4.74 Å². The molecule has 2 heterocycles. The van der Waals surface area contributed by atoms with Crippen molar-refractivity contribution in [3.63, 3.8) is 0 Å². The minimum absolute atomic E-state index is 0.418. The van der Waals surface area contributed by atoms with Crippen LogP contribution in [0.2, 0.25) is 0 Å². The van der Waals surface area contributed by atoms with Crippen LogP contribution in [0, 0.1) is 41.4 Å². The highest BCUT2D eigenvalue weighted by atomic mass is 32.2. The second-order valence-corrected chi connectivity index (χ2v) is 12.1. The standard InChI is InChI=1S/C19H30O3S/c1-10-7-14(18-11(2)22-18)17-12-8-13(16(10)17)15(9-12)19(3)5-4-6-23(19,20)21/h10-18H,4-9H2,1-3H3. The Morgan fingerprint density at radius 3 is 2.39 bits per heavy atom. The zero-order chi connectivity index (χ0) is 16.1. The molecule has 0 aromatic heterocycles. The summed E-state index contributed by atoms with van der Waals surface area (Å²) in [7, 11) is -2.89. The molecule has 3 saturated carbocycles. The number of fused-ring (bicyclic) bond motifs is 5. The molecule has 0 spiro atoms. The Kier molecular flexibility index (Phi) is 3.00. The monoisotopic (exact) mass is 338 g/mol. The van der Waals surface area contributed by atoms with E-state index in [1.54, 1.807) is 0 Å². The van der Waals surface area contributed by atoms with Gasteiger partial charge in [-0.05, 0) is 87.4 Å². The zero-order valence-electron chi connectivity index (χ0n) is 14.6. The predicted octanol–water partition coefficient (Wildman–Crippen LogP) is 3.29. The zero-order valence-corrected chi connectivity index (χ0v) is 15.4. The largest absolute Gasteiger partial charge is 0.370 e. The second-order valence-electron chi connectivity index (χ2n) is 9.57. The van der Waals surface area contributed by atoms with E-state index in [2.05, 4.69) is 20.8 Å². The lowest BCUT2D eigenvalue weighted by molar-refractivity contribution is 0.109. The lowest BCUT2D eigenvalue weighted by Crippen LogP contribution is -2.45. The van der Waals surface area contributed by atoms with E-state index >= 15 is 0 Å². The molecule has 0 aromatic carbocycles. The average Bonchev–Trinajstić information content (AvgIpc) is 2.88. The van der Waals surface area contributed by atoms with Crippen LogP contribution in [-0.2, 0) is 14.6 Å². The van der Waals surface area contributed by atoms with Crippen LogP contribution < -0.4 is 0 Å². The van der Waals surface area contributed by atoms with E-state index in [4.69, 9.17) is 4.74 Å². The number of rotatable bonds is 2. The molecule has 23 heavy (non-hydrogen) atoms. The lowest BCUT2D eigenvalue weighted by Gasteiger charge is -2.42. The Bertz CT molecular complexity index is 629. The average molecular weight is 339 g/mol. The van der Waals surface area contributed by atoms with Crippen molar-refractivity contribution in [3.05, 3.63) is 0 Å². The smallest absolute Gasteiger partial charge is 0.156 e. The maximum Gasteiger partial charge on any atom is 0.156 e. The van der Waals surface area contributed by atoms with Gasteiger partial charge in [0.25, 0.3) is 0 Å². The van der Waals surface area contributed by atoms with Crippen molar-refractivity contribution in [2.24, 2.45) is 41.4 Å². The van der Waals surface area contributed by atoms with Gasteiger partial charge in [-0.15, -0.1) is 0 Å². The van der Waals surface area contributed by atoms with Crippen LogP contribution in [0.1, 0.15) is 52.9 Å². The summed E-state index contributed by atoms with van der Waals surface area (Å²) in [6.07, 6.45) is 6.55. The third kappa shape index (κ3) is 1.83. The summed E-state index contributed by atoms with van der Waals surface area (Å²) in [6, 6.07) is 0. The minimum atomic E-state index is -2.89. The van der Waals surface area contributed by atoms with Crippen molar-refractivity contribution in [2.75, 3.05) is 5.75 Å². The molecule has 0 aromatic rings. The molecular weight excluding hydrogens is 308 g/mol. The maximum atomic E-state index is 12.7. The molecule has 3 nitrogen and oxygen atoms in total. The van der Waals surface area contributed by atoms with Gasteiger partial charge in [-0.3, -0.25) is 0 Å². The van der Waals surface area contributed by atoms with E-state index in [-0.39, 0.29) is 0 Å². The third-order valence-corrected chi connectivity index (χ3v) is 11.4. The van der Waals surface area contributed by atoms with E-state index in [1.807, 2.05) is 0 Å². The van der Waals surface area contributed by atoms with Crippen molar-refractivity contribution >= 4 is 9.84 Å². The molecule has 5 fully saturated rings. The maximum absolute atomic E-state index is 12.7. The predicted molar refractivity (Wildman–Crippen MR) is 89.7 cm³/mol. The number of epoxide rings is 1. The highest BCUT2D eigenvalue weighted by molar-refractivity contribution is 7.93. The molecule has 10 atom stereocenters. The first-order valence-electron chi connectivity index (χ1n) is 9.71. The molecule has 3 aliphatic carbocycles. The van der Waals surface area contributed by atoms with Gasteiger partial charge >= 0.3 is 0 Å². The van der Waals surface area contributed by atoms with E-state index < -0.39 is 14.6 Å². The molecule has 2 bridgehead atoms. The number of hydrogen-bond acceptors (Lipinski definition) is 3. The first-order valence-corrected chi connectivity index (χ1v) is 11.4. The molecule has 4 heteroatoms. The fourth-order valence-corrected chi connectivity index (χ4v) is 9.93. The highest BCUT2D eigenvalue weighted by Crippen LogP contribution is 2.69. The Labute approximate surface area is 140 Å². The van der Waals surface area contributed by atoms with Crippen LogP contribution in [0.25, 0.3) is 0 Å². The summed E-state index contributed by atoms with van der Waals surface area (Å²) in [5.41, 5.74) is 0. The van der Waals surface area contributed by atoms with E-state index in [0.717, 1.165) is 42.4 Å². The van der Waals surface area contributed by atoms with Gasteiger partial charge in [-0.2, -0.15) is 0 Å². The molecule has 2 aliphatic heterocycles. The number of ether oxygens (including phenoxy) is 1. The van der Waals surface area contributed by atoms with Crippen LogP contribution >= 0.6 is 0 Å². The molecule has 130 valence electrons. The summed E-state index contributed by atoms with van der Waals surface area (Å²) in [5.74, 6) is 5.41. The van der Waals surface area contributed by atoms with Gasteiger partial charge in [0.05, 0.1) is 22.7 Å². The molecule has 0 amide bonds. The van der Waals surface area contributed by atoms with Crippen LogP contribution in [-0.4, -0.2) is 31.1 Å². The first-order chi connectivity index (χ1) is 10.8. The Morgan fingerprint density at radius 2 is 1.78 bits per heavy atom.